The van der Waals surface area contributed by atoms with Crippen LogP contribution in [-0.2, 0) is 0 Å². The first-order valence-electron chi connectivity index (χ1n) is 5.46. The molecule has 0 radical (unpaired) electrons. The molecule has 1 aromatic heterocycles. The van der Waals surface area contributed by atoms with E-state index < -0.39 is 17.4 Å². The van der Waals surface area contributed by atoms with Crippen molar-refractivity contribution in [1.82, 2.24) is 0 Å². The number of benzene rings is 2. The van der Waals surface area contributed by atoms with Crippen LogP contribution < -0.4 is 5.63 Å². The largest absolute Gasteiger partial charge is 0.478 e. The second-order valence-corrected chi connectivity index (χ2v) is 4.10. The van der Waals surface area contributed by atoms with Crippen molar-refractivity contribution in [2.45, 2.75) is 0 Å². The third-order valence-electron chi connectivity index (χ3n) is 2.92. The van der Waals surface area contributed by atoms with Gasteiger partial charge in [0.15, 0.2) is 0 Å². The summed E-state index contributed by atoms with van der Waals surface area (Å²) in [5.74, 6) is -1.63. The zero-order valence-corrected chi connectivity index (χ0v) is 9.51. The van der Waals surface area contributed by atoms with Gasteiger partial charge >= 0.3 is 11.6 Å². The van der Waals surface area contributed by atoms with E-state index in [-0.39, 0.29) is 16.5 Å². The predicted octanol–water partition coefficient (Wildman–Crippen LogP) is 2.78. The average Bonchev–Trinajstić information content (AvgIpc) is 2.38. The van der Waals surface area contributed by atoms with Crippen molar-refractivity contribution in [3.63, 3.8) is 0 Å². The first-order valence-corrected chi connectivity index (χ1v) is 5.46. The highest BCUT2D eigenvalue weighted by Crippen LogP contribution is 2.24. The Labute approximate surface area is 105 Å². The van der Waals surface area contributed by atoms with E-state index in [9.17, 15) is 14.0 Å². The zero-order chi connectivity index (χ0) is 13.6. The van der Waals surface area contributed by atoms with E-state index >= 15 is 0 Å². The molecule has 5 heteroatoms. The second kappa shape index (κ2) is 3.91. The van der Waals surface area contributed by atoms with Crippen LogP contribution >= 0.6 is 0 Å². The minimum Gasteiger partial charge on any atom is -0.478 e. The summed E-state index contributed by atoms with van der Waals surface area (Å²) >= 11 is 0. The van der Waals surface area contributed by atoms with Crippen LogP contribution in [0.4, 0.5) is 4.39 Å². The van der Waals surface area contributed by atoms with Crippen LogP contribution in [0.25, 0.3) is 21.7 Å². The van der Waals surface area contributed by atoms with E-state index in [1.165, 1.54) is 24.3 Å². The zero-order valence-electron chi connectivity index (χ0n) is 9.51. The Morgan fingerprint density at radius 2 is 1.79 bits per heavy atom. The lowest BCUT2D eigenvalue weighted by atomic mass is 10.1. The molecule has 0 unspecified atom stereocenters. The number of carboxylic acid groups (broad SMARTS) is 1. The Balaban J connectivity index is 2.48. The van der Waals surface area contributed by atoms with Crippen LogP contribution in [0, 0.1) is 5.82 Å². The van der Waals surface area contributed by atoms with Gasteiger partial charge in [-0.2, -0.15) is 0 Å². The summed E-state index contributed by atoms with van der Waals surface area (Å²) < 4.78 is 18.2. The first kappa shape index (κ1) is 11.4. The molecule has 0 fully saturated rings. The van der Waals surface area contributed by atoms with E-state index in [0.717, 1.165) is 6.07 Å². The molecule has 0 aliphatic rings. The van der Waals surface area contributed by atoms with Gasteiger partial charge in [-0.05, 0) is 30.3 Å². The molecule has 0 spiro atoms. The molecule has 0 aliphatic carbocycles. The minimum atomic E-state index is -1.11. The Hall–Kier alpha value is -2.69. The minimum absolute atomic E-state index is 0.0251. The third-order valence-corrected chi connectivity index (χ3v) is 2.92. The molecule has 0 aliphatic heterocycles. The topological polar surface area (TPSA) is 67.5 Å². The fourth-order valence-corrected chi connectivity index (χ4v) is 2.04. The van der Waals surface area contributed by atoms with Gasteiger partial charge in [0.1, 0.15) is 11.4 Å². The van der Waals surface area contributed by atoms with Gasteiger partial charge in [0.05, 0.1) is 10.9 Å². The number of rotatable bonds is 1. The van der Waals surface area contributed by atoms with E-state index in [1.807, 2.05) is 0 Å². The summed E-state index contributed by atoms with van der Waals surface area (Å²) in [6.45, 7) is 0. The van der Waals surface area contributed by atoms with Crippen molar-refractivity contribution in [1.29, 1.82) is 0 Å². The molecular weight excluding hydrogens is 251 g/mol. The molecule has 0 saturated heterocycles. The predicted molar refractivity (Wildman–Crippen MR) is 66.9 cm³/mol. The standard InChI is InChI=1S/C14H7FO4/c15-8-2-4-9-10-3-1-7(13(16)17)5-12(10)19-14(18)11(9)6-8/h1-6H,(H,16,17). The van der Waals surface area contributed by atoms with Crippen LogP contribution in [0.2, 0.25) is 0 Å². The molecule has 0 atom stereocenters. The Bertz CT molecular complexity index is 880. The van der Waals surface area contributed by atoms with Crippen LogP contribution in [0.3, 0.4) is 0 Å². The van der Waals surface area contributed by atoms with Crippen LogP contribution in [0.1, 0.15) is 10.4 Å². The van der Waals surface area contributed by atoms with Crippen LogP contribution in [-0.4, -0.2) is 11.1 Å². The summed E-state index contributed by atoms with van der Waals surface area (Å²) in [7, 11) is 0. The third kappa shape index (κ3) is 1.76. The van der Waals surface area contributed by atoms with Gasteiger partial charge in [-0.3, -0.25) is 0 Å². The number of aromatic carboxylic acids is 1. The SMILES string of the molecule is O=C(O)c1ccc2c(c1)oc(=O)c1cc(F)ccc12. The molecule has 4 nitrogen and oxygen atoms in total. The molecule has 94 valence electrons. The summed E-state index contributed by atoms with van der Waals surface area (Å²) in [4.78, 5) is 22.6. The quantitative estimate of drug-likeness (QED) is 0.538. The first-order chi connectivity index (χ1) is 9.06. The molecule has 0 bridgehead atoms. The van der Waals surface area contributed by atoms with Gasteiger partial charge in [-0.25, -0.2) is 14.0 Å². The Morgan fingerprint density at radius 1 is 1.05 bits per heavy atom. The van der Waals surface area contributed by atoms with Crippen molar-refractivity contribution in [2.75, 3.05) is 0 Å². The monoisotopic (exact) mass is 258 g/mol. The summed E-state index contributed by atoms with van der Waals surface area (Å²) in [5, 5.41) is 10.1. The Kier molecular flexibility index (Phi) is 2.35. The van der Waals surface area contributed by atoms with Gasteiger partial charge in [-0.1, -0.05) is 6.07 Å². The number of hydrogen-bond acceptors (Lipinski definition) is 3. The summed E-state index contributed by atoms with van der Waals surface area (Å²) in [6.07, 6.45) is 0. The molecule has 3 rings (SSSR count). The van der Waals surface area contributed by atoms with Crippen molar-refractivity contribution in [2.24, 2.45) is 0 Å². The maximum absolute atomic E-state index is 13.1. The highest BCUT2D eigenvalue weighted by atomic mass is 19.1. The smallest absolute Gasteiger partial charge is 0.344 e. The van der Waals surface area contributed by atoms with E-state index in [4.69, 9.17) is 9.52 Å². The maximum Gasteiger partial charge on any atom is 0.344 e. The fraction of sp³-hybridized carbons (Fsp3) is 0. The van der Waals surface area contributed by atoms with E-state index in [0.29, 0.717) is 10.8 Å². The van der Waals surface area contributed by atoms with Gasteiger partial charge in [0.25, 0.3) is 0 Å². The summed E-state index contributed by atoms with van der Waals surface area (Å²) in [6, 6.07) is 8.06. The molecule has 2 aromatic carbocycles. The maximum atomic E-state index is 13.1. The van der Waals surface area contributed by atoms with E-state index in [2.05, 4.69) is 0 Å². The second-order valence-electron chi connectivity index (χ2n) is 4.10. The molecule has 0 amide bonds. The van der Waals surface area contributed by atoms with Gasteiger partial charge in [0, 0.05) is 10.8 Å². The number of carbonyl (C=O) groups is 1. The molecule has 3 aromatic rings. The number of halogens is 1. The van der Waals surface area contributed by atoms with Crippen LogP contribution in [0.15, 0.2) is 45.6 Å². The van der Waals surface area contributed by atoms with Crippen molar-refractivity contribution >= 4 is 27.7 Å². The van der Waals surface area contributed by atoms with Crippen LogP contribution in [0.5, 0.6) is 0 Å². The molecule has 0 saturated carbocycles. The lowest BCUT2D eigenvalue weighted by molar-refractivity contribution is 0.0697. The van der Waals surface area contributed by atoms with Crippen molar-refractivity contribution in [3.05, 3.63) is 58.2 Å². The van der Waals surface area contributed by atoms with E-state index in [1.54, 1.807) is 6.07 Å². The lowest BCUT2D eigenvalue weighted by Gasteiger charge is -2.03. The molecule has 1 heterocycles. The number of hydrogen-bond donors (Lipinski definition) is 1. The fourth-order valence-electron chi connectivity index (χ4n) is 2.04. The highest BCUT2D eigenvalue weighted by Gasteiger charge is 2.11. The molecule has 19 heavy (non-hydrogen) atoms. The lowest BCUT2D eigenvalue weighted by Crippen LogP contribution is -2.02. The highest BCUT2D eigenvalue weighted by molar-refractivity contribution is 6.05. The van der Waals surface area contributed by atoms with Gasteiger partial charge in [0.2, 0.25) is 0 Å². The summed E-state index contributed by atoms with van der Waals surface area (Å²) in [5.41, 5.74) is -0.495. The van der Waals surface area contributed by atoms with Gasteiger partial charge in [-0.15, -0.1) is 0 Å². The van der Waals surface area contributed by atoms with Gasteiger partial charge < -0.3 is 9.52 Å². The normalized spacial score (nSPS) is 11.0. The van der Waals surface area contributed by atoms with Crippen molar-refractivity contribution in [3.8, 4) is 0 Å². The molecule has 1 N–H and O–H groups in total. The number of fused-ring (bicyclic) bond motifs is 3. The van der Waals surface area contributed by atoms with Crippen molar-refractivity contribution < 1.29 is 18.7 Å². The average molecular weight is 258 g/mol. The molecular formula is C14H7FO4. The Morgan fingerprint density at radius 3 is 2.53 bits per heavy atom. The number of carboxylic acids is 1.